The van der Waals surface area contributed by atoms with Crippen LogP contribution in [0.3, 0.4) is 0 Å². The van der Waals surface area contributed by atoms with Gasteiger partial charge in [-0.05, 0) is 29.1 Å². The van der Waals surface area contributed by atoms with E-state index in [1.165, 1.54) is 12.1 Å². The van der Waals surface area contributed by atoms with Gasteiger partial charge in [0, 0.05) is 23.9 Å². The molecular weight excluding hydrogens is 516 g/mol. The third-order valence-corrected chi connectivity index (χ3v) is 7.91. The Bertz CT molecular complexity index is 1700. The number of rotatable bonds is 5. The molecule has 3 aromatic carbocycles. The zero-order valence-corrected chi connectivity index (χ0v) is 22.9. The number of fused-ring (bicyclic) bond motifs is 1. The first-order chi connectivity index (χ1) is 18.4. The van der Waals surface area contributed by atoms with Gasteiger partial charge in [-0.1, -0.05) is 69.3 Å². The molecule has 1 aliphatic rings. The highest BCUT2D eigenvalue weighted by Crippen LogP contribution is 2.29. The van der Waals surface area contributed by atoms with Gasteiger partial charge in [0.2, 0.25) is 5.88 Å². The van der Waals surface area contributed by atoms with Gasteiger partial charge in [0.05, 0.1) is 23.6 Å². The number of carbonyl (C=O) groups excluding carboxylic acids is 1. The molecule has 202 valence electrons. The Hall–Kier alpha value is -4.35. The maximum absolute atomic E-state index is 13.1. The summed E-state index contributed by atoms with van der Waals surface area (Å²) in [7, 11) is -2.31. The van der Waals surface area contributed by atoms with Crippen LogP contribution in [0.25, 0.3) is 16.5 Å². The van der Waals surface area contributed by atoms with Gasteiger partial charge in [0.1, 0.15) is 11.2 Å². The van der Waals surface area contributed by atoms with Gasteiger partial charge in [-0.25, -0.2) is 17.9 Å². The zero-order valence-electron chi connectivity index (χ0n) is 22.1. The van der Waals surface area contributed by atoms with Crippen LogP contribution in [0.2, 0.25) is 0 Å². The van der Waals surface area contributed by atoms with E-state index in [-0.39, 0.29) is 17.8 Å². The van der Waals surface area contributed by atoms with Crippen LogP contribution in [-0.2, 0) is 22.0 Å². The summed E-state index contributed by atoms with van der Waals surface area (Å²) in [6.45, 7) is 6.10. The second-order valence-corrected chi connectivity index (χ2v) is 12.1. The van der Waals surface area contributed by atoms with E-state index >= 15 is 0 Å². The van der Waals surface area contributed by atoms with Crippen molar-refractivity contribution in [1.29, 1.82) is 0 Å². The van der Waals surface area contributed by atoms with E-state index in [0.717, 1.165) is 26.3 Å². The Kier molecular flexibility index (Phi) is 6.57. The molecule has 0 aliphatic carbocycles. The van der Waals surface area contributed by atoms with Crippen LogP contribution in [0, 0.1) is 0 Å². The van der Waals surface area contributed by atoms with Gasteiger partial charge in [-0.15, -0.1) is 4.41 Å². The summed E-state index contributed by atoms with van der Waals surface area (Å²) >= 11 is 0. The number of hydrogen-bond donors (Lipinski definition) is 3. The minimum atomic E-state index is -3.79. The minimum absolute atomic E-state index is 0.00492. The number of benzene rings is 3. The molecular formula is C28H30N6O4S. The van der Waals surface area contributed by atoms with Crippen LogP contribution in [0.1, 0.15) is 32.0 Å². The smallest absolute Gasteiger partial charge is 0.324 e. The van der Waals surface area contributed by atoms with E-state index in [1.807, 2.05) is 75.4 Å². The Morgan fingerprint density at radius 3 is 2.41 bits per heavy atom. The number of aromatic nitrogens is 2. The van der Waals surface area contributed by atoms with Gasteiger partial charge < -0.3 is 10.4 Å². The molecule has 2 heterocycles. The highest BCUT2D eigenvalue weighted by atomic mass is 32.2. The van der Waals surface area contributed by atoms with Crippen molar-refractivity contribution in [2.45, 2.75) is 32.7 Å². The van der Waals surface area contributed by atoms with Gasteiger partial charge in [-0.2, -0.15) is 5.10 Å². The van der Waals surface area contributed by atoms with E-state index in [0.29, 0.717) is 22.8 Å². The highest BCUT2D eigenvalue weighted by Gasteiger charge is 2.33. The van der Waals surface area contributed by atoms with Crippen LogP contribution in [0.4, 0.5) is 16.3 Å². The van der Waals surface area contributed by atoms with Crippen molar-refractivity contribution in [1.82, 2.24) is 19.2 Å². The lowest BCUT2D eigenvalue weighted by molar-refractivity contribution is 0.0776. The molecule has 1 aliphatic heterocycles. The fourth-order valence-corrected chi connectivity index (χ4v) is 5.63. The number of carbonyl (C=O) groups is 1. The molecule has 0 atom stereocenters. The molecule has 0 saturated carbocycles. The van der Waals surface area contributed by atoms with Crippen molar-refractivity contribution < 1.29 is 18.3 Å². The van der Waals surface area contributed by atoms with E-state index in [1.54, 1.807) is 22.9 Å². The van der Waals surface area contributed by atoms with Crippen LogP contribution >= 0.6 is 0 Å². The molecule has 0 unspecified atom stereocenters. The van der Waals surface area contributed by atoms with Crippen molar-refractivity contribution in [3.63, 3.8) is 0 Å². The Labute approximate surface area is 227 Å². The number of amides is 2. The molecule has 3 N–H and O–H groups in total. The summed E-state index contributed by atoms with van der Waals surface area (Å²) in [5.74, 6) is 0.108. The van der Waals surface area contributed by atoms with Crippen molar-refractivity contribution >= 4 is 38.3 Å². The topological polar surface area (TPSA) is 120 Å². The first kappa shape index (κ1) is 26.3. The van der Waals surface area contributed by atoms with Gasteiger partial charge in [0.15, 0.2) is 0 Å². The van der Waals surface area contributed by atoms with Crippen LogP contribution in [0.15, 0.2) is 84.1 Å². The Morgan fingerprint density at radius 1 is 0.974 bits per heavy atom. The summed E-state index contributed by atoms with van der Waals surface area (Å²) in [6, 6.07) is 22.1. The maximum Gasteiger partial charge on any atom is 0.324 e. The van der Waals surface area contributed by atoms with Crippen LogP contribution < -0.4 is 10.6 Å². The molecule has 4 aromatic rings. The van der Waals surface area contributed by atoms with E-state index in [4.69, 9.17) is 5.10 Å². The van der Waals surface area contributed by atoms with E-state index < -0.39 is 16.1 Å². The number of aliphatic hydroxyl groups is 1. The fourth-order valence-electron chi connectivity index (χ4n) is 4.33. The van der Waals surface area contributed by atoms with Gasteiger partial charge in [-0.3, -0.25) is 10.3 Å². The molecule has 5 rings (SSSR count). The number of nitrogens with zero attached hydrogens (tertiary/aromatic N) is 4. The van der Waals surface area contributed by atoms with Gasteiger partial charge >= 0.3 is 6.03 Å². The fraction of sp³-hybridized carbons (Fsp3) is 0.214. The average Bonchev–Trinajstić information content (AvgIpc) is 3.38. The molecule has 11 heteroatoms. The quantitative estimate of drug-likeness (QED) is 0.312. The summed E-state index contributed by atoms with van der Waals surface area (Å²) in [5, 5.41) is 24.5. The predicted octanol–water partition coefficient (Wildman–Crippen LogP) is 5.32. The largest absolute Gasteiger partial charge is 0.493 e. The molecule has 39 heavy (non-hydrogen) atoms. The first-order valence-corrected chi connectivity index (χ1v) is 13.9. The van der Waals surface area contributed by atoms with Crippen molar-refractivity contribution in [2.24, 2.45) is 0 Å². The first-order valence-electron chi connectivity index (χ1n) is 12.3. The highest BCUT2D eigenvalue weighted by molar-refractivity contribution is 7.92. The van der Waals surface area contributed by atoms with E-state index in [9.17, 15) is 18.3 Å². The Morgan fingerprint density at radius 2 is 1.69 bits per heavy atom. The van der Waals surface area contributed by atoms with Gasteiger partial charge in [0.25, 0.3) is 10.0 Å². The second kappa shape index (κ2) is 9.75. The Balaban J connectivity index is 1.44. The van der Waals surface area contributed by atoms with Crippen LogP contribution in [-0.4, -0.2) is 45.8 Å². The molecule has 0 spiro atoms. The third-order valence-electron chi connectivity index (χ3n) is 6.44. The summed E-state index contributed by atoms with van der Waals surface area (Å²) in [4.78, 5) is 13.1. The molecule has 1 aromatic heterocycles. The number of hydrogen-bond acceptors (Lipinski definition) is 6. The summed E-state index contributed by atoms with van der Waals surface area (Å²) < 4.78 is 27.6. The summed E-state index contributed by atoms with van der Waals surface area (Å²) in [6.07, 6.45) is 0. The van der Waals surface area contributed by atoms with E-state index in [2.05, 4.69) is 10.6 Å². The lowest BCUT2D eigenvalue weighted by Gasteiger charge is -2.24. The van der Waals surface area contributed by atoms with Crippen LogP contribution in [0.5, 0.6) is 0 Å². The number of anilines is 2. The molecule has 0 fully saturated rings. The number of nitrogens with one attached hydrogen (secondary N) is 2. The lowest BCUT2D eigenvalue weighted by atomic mass is 9.92. The third kappa shape index (κ3) is 5.31. The second-order valence-electron chi connectivity index (χ2n) is 10.4. The number of sulfonamides is 1. The zero-order chi connectivity index (χ0) is 27.9. The number of aliphatic hydroxyl groups excluding tert-OH is 1. The minimum Gasteiger partial charge on any atom is -0.493 e. The maximum atomic E-state index is 13.1. The lowest BCUT2D eigenvalue weighted by Crippen LogP contribution is -2.36. The molecule has 0 saturated heterocycles. The van der Waals surface area contributed by atoms with Crippen molar-refractivity contribution in [2.75, 3.05) is 17.7 Å². The summed E-state index contributed by atoms with van der Waals surface area (Å²) in [5.41, 5.74) is 2.47. The average molecular weight is 547 g/mol. The molecule has 2 amide bonds. The van der Waals surface area contributed by atoms with Crippen molar-refractivity contribution in [3.05, 3.63) is 95.3 Å². The number of hydrazine groups is 1. The van der Waals surface area contributed by atoms with Crippen molar-refractivity contribution in [3.8, 4) is 5.69 Å². The standard InChI is InChI=1S/C28H30N6O4S/c1-28(2,3)24-16-25(30-27(36)29-23-14-8-11-20-10-5-6-13-22(20)23)34(31-24)21-12-7-9-19(15-21)17-33-32(4)26(35)18-39(33,37)38/h5-16,18,35H,17H2,1-4H3,(H2,29,30,36). The normalized spacial score (nSPS) is 15.4. The molecule has 0 radical (unpaired) electrons. The number of urea groups is 1. The SMILES string of the molecule is CN1C(O)=CS(=O)(=O)N1Cc1cccc(-n2nc(C(C)(C)C)cc2NC(=O)Nc2cccc3ccccc23)c1. The monoisotopic (exact) mass is 546 g/mol. The molecule has 0 bridgehead atoms. The predicted molar refractivity (Wildman–Crippen MR) is 152 cm³/mol. The molecule has 10 nitrogen and oxygen atoms in total.